The van der Waals surface area contributed by atoms with Gasteiger partial charge in [0.2, 0.25) is 0 Å². The SMILES string of the molecule is Cc1cc(C)cc(-c2c3ccc(N4c5ccccc5N(C)c5ccccc54)cc3c(-c3cc(C)cc(C)c3)c3ccc(Nc4ccccc4N(C)c4ccccc4)cc23)c1. The minimum absolute atomic E-state index is 1.04. The molecule has 10 rings (SSSR count). The summed E-state index contributed by atoms with van der Waals surface area (Å²) in [5.41, 5.74) is 20.1. The van der Waals surface area contributed by atoms with Crippen LogP contribution >= 0.6 is 0 Å². The molecule has 9 aromatic rings. The second kappa shape index (κ2) is 14.8. The molecule has 60 heavy (non-hydrogen) atoms. The van der Waals surface area contributed by atoms with E-state index in [0.717, 1.165) is 39.8 Å². The van der Waals surface area contributed by atoms with E-state index >= 15 is 0 Å². The summed E-state index contributed by atoms with van der Waals surface area (Å²) in [5, 5.41) is 8.75. The van der Waals surface area contributed by atoms with Crippen LogP contribution < -0.4 is 20.0 Å². The monoisotopic (exact) mass is 776 g/mol. The van der Waals surface area contributed by atoms with Crippen LogP contribution in [0.1, 0.15) is 22.3 Å². The fourth-order valence-electron chi connectivity index (χ4n) is 9.52. The van der Waals surface area contributed by atoms with Crippen molar-refractivity contribution in [3.05, 3.63) is 198 Å². The first-order valence-corrected chi connectivity index (χ1v) is 20.8. The summed E-state index contributed by atoms with van der Waals surface area (Å²) in [6, 6.07) is 64.6. The third-order valence-electron chi connectivity index (χ3n) is 12.0. The average molecular weight is 777 g/mol. The van der Waals surface area contributed by atoms with Crippen LogP contribution in [0.4, 0.5) is 51.2 Å². The summed E-state index contributed by atoms with van der Waals surface area (Å²) in [4.78, 5) is 6.98. The van der Waals surface area contributed by atoms with E-state index in [1.54, 1.807) is 0 Å². The van der Waals surface area contributed by atoms with E-state index in [-0.39, 0.29) is 0 Å². The number of benzene rings is 9. The minimum atomic E-state index is 1.04. The Morgan fingerprint density at radius 3 is 1.50 bits per heavy atom. The molecule has 9 aromatic carbocycles. The van der Waals surface area contributed by atoms with E-state index in [1.807, 2.05) is 0 Å². The Labute approximate surface area is 353 Å². The van der Waals surface area contributed by atoms with Crippen LogP contribution in [0.5, 0.6) is 0 Å². The predicted octanol–water partition coefficient (Wildman–Crippen LogP) is 15.6. The van der Waals surface area contributed by atoms with Gasteiger partial charge in [0.05, 0.1) is 34.1 Å². The van der Waals surface area contributed by atoms with Crippen molar-refractivity contribution in [3.8, 4) is 22.3 Å². The molecule has 0 spiro atoms. The molecule has 0 aromatic heterocycles. The molecule has 0 radical (unpaired) electrons. The molecule has 0 aliphatic carbocycles. The second-order valence-corrected chi connectivity index (χ2v) is 16.4. The first-order chi connectivity index (χ1) is 29.2. The van der Waals surface area contributed by atoms with Crippen LogP contribution in [0.3, 0.4) is 0 Å². The van der Waals surface area contributed by atoms with E-state index in [1.165, 1.54) is 77.4 Å². The summed E-state index contributed by atoms with van der Waals surface area (Å²) >= 11 is 0. The zero-order valence-corrected chi connectivity index (χ0v) is 35.1. The van der Waals surface area contributed by atoms with Crippen LogP contribution in [0.25, 0.3) is 43.8 Å². The van der Waals surface area contributed by atoms with Crippen molar-refractivity contribution in [3.63, 3.8) is 0 Å². The van der Waals surface area contributed by atoms with E-state index in [9.17, 15) is 0 Å². The molecule has 0 amide bonds. The van der Waals surface area contributed by atoms with Gasteiger partial charge in [0.15, 0.2) is 0 Å². The van der Waals surface area contributed by atoms with Crippen LogP contribution in [0.2, 0.25) is 0 Å². The number of para-hydroxylation sites is 7. The molecule has 0 saturated carbocycles. The van der Waals surface area contributed by atoms with Crippen molar-refractivity contribution < 1.29 is 0 Å². The summed E-state index contributed by atoms with van der Waals surface area (Å²) in [5.74, 6) is 0. The number of anilines is 9. The number of rotatable bonds is 7. The predicted molar refractivity (Wildman–Crippen MR) is 258 cm³/mol. The molecule has 292 valence electrons. The van der Waals surface area contributed by atoms with Crippen molar-refractivity contribution in [2.45, 2.75) is 27.7 Å². The number of nitrogens with zero attached hydrogens (tertiary/aromatic N) is 3. The van der Waals surface area contributed by atoms with Crippen molar-refractivity contribution >= 4 is 72.7 Å². The topological polar surface area (TPSA) is 21.8 Å². The molecule has 0 bridgehead atoms. The third-order valence-corrected chi connectivity index (χ3v) is 12.0. The molecule has 0 unspecified atom stereocenters. The van der Waals surface area contributed by atoms with Crippen molar-refractivity contribution in [1.82, 2.24) is 0 Å². The molecule has 0 saturated heterocycles. The summed E-state index contributed by atoms with van der Waals surface area (Å²) in [7, 11) is 4.29. The van der Waals surface area contributed by atoms with Crippen LogP contribution in [0, 0.1) is 27.7 Å². The van der Waals surface area contributed by atoms with Crippen LogP contribution in [-0.4, -0.2) is 14.1 Å². The van der Waals surface area contributed by atoms with Gasteiger partial charge in [-0.2, -0.15) is 0 Å². The molecular weight excluding hydrogens is 729 g/mol. The molecule has 4 nitrogen and oxygen atoms in total. The Bertz CT molecular complexity index is 3020. The Morgan fingerprint density at radius 1 is 0.433 bits per heavy atom. The average Bonchev–Trinajstić information content (AvgIpc) is 3.25. The molecular formula is C56H48N4. The highest BCUT2D eigenvalue weighted by atomic mass is 15.3. The Kier molecular flexibility index (Phi) is 9.14. The highest BCUT2D eigenvalue weighted by Crippen LogP contribution is 2.53. The van der Waals surface area contributed by atoms with Gasteiger partial charge in [-0.3, -0.25) is 0 Å². The maximum atomic E-state index is 3.86. The van der Waals surface area contributed by atoms with E-state index < -0.39 is 0 Å². The molecule has 0 fully saturated rings. The van der Waals surface area contributed by atoms with Crippen molar-refractivity contribution in [1.29, 1.82) is 0 Å². The number of hydrogen-bond acceptors (Lipinski definition) is 4. The first-order valence-electron chi connectivity index (χ1n) is 20.8. The molecule has 1 aliphatic rings. The smallest absolute Gasteiger partial charge is 0.0699 e. The second-order valence-electron chi connectivity index (χ2n) is 16.4. The lowest BCUT2D eigenvalue weighted by Gasteiger charge is -2.38. The van der Waals surface area contributed by atoms with Gasteiger partial charge in [-0.25, -0.2) is 0 Å². The highest BCUT2D eigenvalue weighted by Gasteiger charge is 2.28. The number of nitrogens with one attached hydrogen (secondary N) is 1. The standard InChI is InChI=1S/C56H48N4/c1-36-28-37(2)31-40(30-36)55-46-27-25-44(60-53-22-14-12-20-51(53)59(6)52-21-13-15-23-54(52)60)35-48(46)56(41-32-38(3)29-39(4)33-41)45-26-24-42(34-47(45)55)57-49-18-10-11-19-50(49)58(5)43-16-8-7-9-17-43/h7-35,57H,1-6H3. The molecule has 1 N–H and O–H groups in total. The lowest BCUT2D eigenvalue weighted by atomic mass is 9.84. The van der Waals surface area contributed by atoms with E-state index in [2.05, 4.69) is 238 Å². The number of aryl methyl sites for hydroxylation is 4. The van der Waals surface area contributed by atoms with Gasteiger partial charge in [0.1, 0.15) is 0 Å². The van der Waals surface area contributed by atoms with E-state index in [4.69, 9.17) is 0 Å². The van der Waals surface area contributed by atoms with Gasteiger partial charge < -0.3 is 20.0 Å². The van der Waals surface area contributed by atoms with Crippen LogP contribution in [0.15, 0.2) is 176 Å². The fraction of sp³-hybridized carbons (Fsp3) is 0.107. The zero-order chi connectivity index (χ0) is 41.1. The van der Waals surface area contributed by atoms with Crippen molar-refractivity contribution in [2.24, 2.45) is 0 Å². The highest BCUT2D eigenvalue weighted by molar-refractivity contribution is 6.23. The van der Waals surface area contributed by atoms with Crippen LogP contribution in [-0.2, 0) is 0 Å². The zero-order valence-electron chi connectivity index (χ0n) is 35.1. The van der Waals surface area contributed by atoms with Gasteiger partial charge in [-0.05, 0) is 144 Å². The lowest BCUT2D eigenvalue weighted by molar-refractivity contribution is 1.13. The summed E-state index contributed by atoms with van der Waals surface area (Å²) in [6.07, 6.45) is 0. The largest absolute Gasteiger partial charge is 0.354 e. The van der Waals surface area contributed by atoms with Gasteiger partial charge >= 0.3 is 0 Å². The molecule has 1 aliphatic heterocycles. The molecule has 1 heterocycles. The quantitative estimate of drug-likeness (QED) is 0.163. The third kappa shape index (κ3) is 6.42. The lowest BCUT2D eigenvalue weighted by Crippen LogP contribution is -2.23. The van der Waals surface area contributed by atoms with E-state index in [0.29, 0.717) is 0 Å². The molecule has 0 atom stereocenters. The number of fused-ring (bicyclic) bond motifs is 4. The maximum Gasteiger partial charge on any atom is 0.0699 e. The van der Waals surface area contributed by atoms with Gasteiger partial charge in [0.25, 0.3) is 0 Å². The fourth-order valence-corrected chi connectivity index (χ4v) is 9.52. The maximum absolute atomic E-state index is 3.86. The summed E-state index contributed by atoms with van der Waals surface area (Å²) in [6.45, 7) is 8.83. The Balaban J connectivity index is 1.25. The first kappa shape index (κ1) is 37.0. The van der Waals surface area contributed by atoms with Gasteiger partial charge in [-0.15, -0.1) is 0 Å². The van der Waals surface area contributed by atoms with Gasteiger partial charge in [-0.1, -0.05) is 125 Å². The van der Waals surface area contributed by atoms with Crippen molar-refractivity contribution in [2.75, 3.05) is 34.1 Å². The Hall–Kier alpha value is -7.30. The minimum Gasteiger partial charge on any atom is -0.354 e. The number of hydrogen-bond donors (Lipinski definition) is 1. The molecule has 4 heteroatoms. The normalized spacial score (nSPS) is 12.1. The Morgan fingerprint density at radius 2 is 0.917 bits per heavy atom. The summed E-state index contributed by atoms with van der Waals surface area (Å²) < 4.78 is 0. The van der Waals surface area contributed by atoms with Gasteiger partial charge in [0, 0.05) is 31.2 Å².